The van der Waals surface area contributed by atoms with Crippen LogP contribution in [0.4, 0.5) is 11.6 Å². The summed E-state index contributed by atoms with van der Waals surface area (Å²) in [5.41, 5.74) is 3.56. The highest BCUT2D eigenvalue weighted by Crippen LogP contribution is 2.40. The molecule has 7 heteroatoms. The maximum Gasteiger partial charge on any atom is 0.219 e. The molecule has 0 saturated carbocycles. The van der Waals surface area contributed by atoms with Crippen molar-refractivity contribution in [1.29, 1.82) is 0 Å². The number of rotatable bonds is 1. The normalized spacial score (nSPS) is 22.3. The molecule has 3 heterocycles. The van der Waals surface area contributed by atoms with Crippen molar-refractivity contribution in [2.75, 3.05) is 10.6 Å². The number of hydrogen-bond acceptors (Lipinski definition) is 7. The zero-order valence-electron chi connectivity index (χ0n) is 14.2. The molecular weight excluding hydrogens is 330 g/mol. The fourth-order valence-electron chi connectivity index (χ4n) is 3.82. The van der Waals surface area contributed by atoms with Crippen molar-refractivity contribution in [2.45, 2.75) is 25.8 Å². The third-order valence-corrected chi connectivity index (χ3v) is 5.00. The lowest BCUT2D eigenvalue weighted by atomic mass is 9.82. The van der Waals surface area contributed by atoms with E-state index in [0.29, 0.717) is 18.1 Å². The molecule has 7 nitrogen and oxygen atoms in total. The van der Waals surface area contributed by atoms with Crippen LogP contribution in [0, 0.1) is 5.92 Å². The summed E-state index contributed by atoms with van der Waals surface area (Å²) in [6.07, 6.45) is 3.11. The summed E-state index contributed by atoms with van der Waals surface area (Å²) in [7, 11) is 0. The van der Waals surface area contributed by atoms with E-state index in [1.807, 2.05) is 24.3 Å². The van der Waals surface area contributed by atoms with Gasteiger partial charge in [-0.3, -0.25) is 9.78 Å². The summed E-state index contributed by atoms with van der Waals surface area (Å²) in [5.74, 6) is 1.47. The van der Waals surface area contributed by atoms with E-state index in [4.69, 9.17) is 4.63 Å². The van der Waals surface area contributed by atoms with Gasteiger partial charge in [0.2, 0.25) is 11.6 Å². The molecule has 2 N–H and O–H groups in total. The van der Waals surface area contributed by atoms with E-state index >= 15 is 0 Å². The van der Waals surface area contributed by atoms with Gasteiger partial charge in [0.25, 0.3) is 0 Å². The summed E-state index contributed by atoms with van der Waals surface area (Å²) in [6.45, 7) is 2.08. The minimum atomic E-state index is -0.310. The third kappa shape index (κ3) is 2.35. The Morgan fingerprint density at radius 2 is 2.04 bits per heavy atom. The molecule has 2 aromatic heterocycles. The first-order valence-corrected chi connectivity index (χ1v) is 8.66. The average molecular weight is 347 g/mol. The molecule has 130 valence electrons. The first kappa shape index (κ1) is 15.1. The van der Waals surface area contributed by atoms with Gasteiger partial charge in [-0.15, -0.1) is 0 Å². The summed E-state index contributed by atoms with van der Waals surface area (Å²) in [4.78, 5) is 17.3. The summed E-state index contributed by atoms with van der Waals surface area (Å²) in [5, 5.41) is 15.5. The second-order valence-corrected chi connectivity index (χ2v) is 6.95. The number of fused-ring (bicyclic) bond motifs is 2. The highest BCUT2D eigenvalue weighted by Gasteiger charge is 2.35. The summed E-state index contributed by atoms with van der Waals surface area (Å²) < 4.78 is 4.87. The molecule has 1 aromatic carbocycles. The molecule has 0 fully saturated rings. The molecule has 1 aliphatic heterocycles. The molecule has 1 aliphatic carbocycles. The number of carbonyl (C=O) groups excluding carboxylic acids is 1. The highest BCUT2D eigenvalue weighted by atomic mass is 16.6. The Hall–Kier alpha value is -3.22. The van der Waals surface area contributed by atoms with E-state index in [2.05, 4.69) is 38.9 Å². The lowest BCUT2D eigenvalue weighted by molar-refractivity contribution is -0.117. The van der Waals surface area contributed by atoms with Crippen LogP contribution in [0.25, 0.3) is 10.9 Å². The maximum atomic E-state index is 12.9. The Balaban J connectivity index is 1.68. The summed E-state index contributed by atoms with van der Waals surface area (Å²) in [6, 6.07) is 9.66. The number of hydrogen-bond donors (Lipinski definition) is 2. The monoisotopic (exact) mass is 347 g/mol. The van der Waals surface area contributed by atoms with E-state index in [-0.39, 0.29) is 17.7 Å². The zero-order chi connectivity index (χ0) is 17.7. The van der Waals surface area contributed by atoms with Crippen molar-refractivity contribution in [3.05, 3.63) is 53.4 Å². The van der Waals surface area contributed by atoms with E-state index < -0.39 is 0 Å². The molecule has 0 saturated heterocycles. The van der Waals surface area contributed by atoms with Gasteiger partial charge in [-0.2, -0.15) is 0 Å². The number of allylic oxidation sites excluding steroid dienone is 1. The number of pyridine rings is 1. The van der Waals surface area contributed by atoms with Crippen LogP contribution in [0.2, 0.25) is 0 Å². The van der Waals surface area contributed by atoms with Crippen molar-refractivity contribution >= 4 is 28.3 Å². The number of anilines is 2. The van der Waals surface area contributed by atoms with Crippen molar-refractivity contribution in [3.8, 4) is 0 Å². The van der Waals surface area contributed by atoms with Crippen LogP contribution >= 0.6 is 0 Å². The smallest absolute Gasteiger partial charge is 0.219 e. The molecule has 26 heavy (non-hydrogen) atoms. The molecule has 0 spiro atoms. The molecule has 2 atom stereocenters. The Bertz CT molecular complexity index is 1050. The lowest BCUT2D eigenvalue weighted by Crippen LogP contribution is -2.26. The van der Waals surface area contributed by atoms with E-state index in [1.165, 1.54) is 0 Å². The number of ketones is 1. The predicted molar refractivity (Wildman–Crippen MR) is 96.5 cm³/mol. The van der Waals surface area contributed by atoms with E-state index in [0.717, 1.165) is 34.2 Å². The van der Waals surface area contributed by atoms with Gasteiger partial charge in [-0.05, 0) is 46.4 Å². The van der Waals surface area contributed by atoms with Gasteiger partial charge in [0, 0.05) is 29.3 Å². The highest BCUT2D eigenvalue weighted by molar-refractivity contribution is 6.00. The molecule has 3 aromatic rings. The van der Waals surface area contributed by atoms with Gasteiger partial charge in [0.1, 0.15) is 0 Å². The van der Waals surface area contributed by atoms with Crippen molar-refractivity contribution in [1.82, 2.24) is 15.3 Å². The SMILES string of the molecule is C[C@@H]1CC(=O)C2=C(C1)Nc1nonc1N[C@H]2c1ccc2ncccc2c1. The number of nitrogens with one attached hydrogen (secondary N) is 2. The molecule has 0 unspecified atom stereocenters. The van der Waals surface area contributed by atoms with Crippen LogP contribution in [-0.4, -0.2) is 21.1 Å². The van der Waals surface area contributed by atoms with Gasteiger partial charge >= 0.3 is 0 Å². The van der Waals surface area contributed by atoms with Gasteiger partial charge < -0.3 is 10.6 Å². The van der Waals surface area contributed by atoms with Crippen LogP contribution < -0.4 is 10.6 Å². The molecule has 2 aliphatic rings. The average Bonchev–Trinajstić information content (AvgIpc) is 3.00. The van der Waals surface area contributed by atoms with Crippen LogP contribution in [0.1, 0.15) is 31.4 Å². The molecule has 0 bridgehead atoms. The minimum absolute atomic E-state index is 0.150. The number of Topliss-reactive ketones (excluding diaryl/α,β-unsaturated/α-hetero) is 1. The van der Waals surface area contributed by atoms with Crippen LogP contribution in [0.15, 0.2) is 52.4 Å². The zero-order valence-corrected chi connectivity index (χ0v) is 14.2. The Morgan fingerprint density at radius 1 is 1.15 bits per heavy atom. The van der Waals surface area contributed by atoms with Gasteiger partial charge in [-0.25, -0.2) is 4.63 Å². The second kappa shape index (κ2) is 5.66. The maximum absolute atomic E-state index is 12.9. The van der Waals surface area contributed by atoms with Crippen LogP contribution in [-0.2, 0) is 4.79 Å². The molecular formula is C19H17N5O2. The van der Waals surface area contributed by atoms with Gasteiger partial charge in [0.05, 0.1) is 11.6 Å². The fraction of sp³-hybridized carbons (Fsp3) is 0.263. The number of nitrogens with zero attached hydrogens (tertiary/aromatic N) is 3. The van der Waals surface area contributed by atoms with Crippen LogP contribution in [0.5, 0.6) is 0 Å². The first-order valence-electron chi connectivity index (χ1n) is 8.66. The molecule has 5 rings (SSSR count). The van der Waals surface area contributed by atoms with Gasteiger partial charge in [-0.1, -0.05) is 19.1 Å². The number of carbonyl (C=O) groups is 1. The van der Waals surface area contributed by atoms with E-state index in [9.17, 15) is 4.79 Å². The largest absolute Gasteiger partial charge is 0.353 e. The second-order valence-electron chi connectivity index (χ2n) is 6.95. The third-order valence-electron chi connectivity index (χ3n) is 5.00. The quantitative estimate of drug-likeness (QED) is 0.696. The Morgan fingerprint density at radius 3 is 2.96 bits per heavy atom. The van der Waals surface area contributed by atoms with Gasteiger partial charge in [0.15, 0.2) is 5.78 Å². The Labute approximate surface area is 149 Å². The Kier molecular flexibility index (Phi) is 3.28. The standard InChI is InChI=1S/C19H17N5O2/c1-10-7-14-16(15(25)8-10)17(22-19-18(21-14)23-26-24-19)12-4-5-13-11(9-12)3-2-6-20-13/h2-6,9-10,17H,7-8H2,1H3,(H,21,23)(H,22,24)/t10-,17-/m0/s1. The number of benzene rings is 1. The van der Waals surface area contributed by atoms with E-state index in [1.54, 1.807) is 6.20 Å². The first-order chi connectivity index (χ1) is 12.7. The topological polar surface area (TPSA) is 92.9 Å². The molecule has 0 amide bonds. The fourth-order valence-corrected chi connectivity index (χ4v) is 3.82. The lowest BCUT2D eigenvalue weighted by Gasteiger charge is -2.27. The van der Waals surface area contributed by atoms with Crippen molar-refractivity contribution in [2.24, 2.45) is 5.92 Å². The minimum Gasteiger partial charge on any atom is -0.353 e. The summed E-state index contributed by atoms with van der Waals surface area (Å²) >= 11 is 0. The van der Waals surface area contributed by atoms with Crippen molar-refractivity contribution < 1.29 is 9.42 Å². The molecule has 0 radical (unpaired) electrons. The number of aromatic nitrogens is 3. The van der Waals surface area contributed by atoms with Crippen LogP contribution in [0.3, 0.4) is 0 Å². The van der Waals surface area contributed by atoms with Crippen molar-refractivity contribution in [3.63, 3.8) is 0 Å². The predicted octanol–water partition coefficient (Wildman–Crippen LogP) is 3.45.